The quantitative estimate of drug-likeness (QED) is 0.798. The summed E-state index contributed by atoms with van der Waals surface area (Å²) in [6.07, 6.45) is 1.23. The van der Waals surface area contributed by atoms with Crippen LogP contribution in [0.5, 0.6) is 5.75 Å². The van der Waals surface area contributed by atoms with Gasteiger partial charge in [0.25, 0.3) is 5.91 Å². The van der Waals surface area contributed by atoms with Crippen LogP contribution >= 0.6 is 0 Å². The predicted octanol–water partition coefficient (Wildman–Crippen LogP) is 1.04. The van der Waals surface area contributed by atoms with Gasteiger partial charge in [-0.3, -0.25) is 4.79 Å². The lowest BCUT2D eigenvalue weighted by molar-refractivity contribution is 0.0951. The third-order valence-corrected chi connectivity index (χ3v) is 2.25. The first kappa shape index (κ1) is 10.5. The fourth-order valence-corrected chi connectivity index (χ4v) is 1.29. The van der Waals surface area contributed by atoms with E-state index in [1.54, 1.807) is 12.1 Å². The van der Waals surface area contributed by atoms with Crippen molar-refractivity contribution in [2.75, 3.05) is 0 Å². The molecule has 0 unspecified atom stereocenters. The average Bonchev–Trinajstić information content (AvgIpc) is 3.01. The molecule has 0 radical (unpaired) electrons. The summed E-state index contributed by atoms with van der Waals surface area (Å²) in [5.74, 6) is 0.226. The normalized spacial score (nSPS) is 14.2. The molecule has 1 aromatic rings. The zero-order valence-corrected chi connectivity index (χ0v) is 8.60. The summed E-state index contributed by atoms with van der Waals surface area (Å²) in [6, 6.07) is 6.58. The Hall–Kier alpha value is -2.04. The molecule has 5 nitrogen and oxygen atoms in total. The molecule has 0 bridgehead atoms. The van der Waals surface area contributed by atoms with Gasteiger partial charge in [-0.05, 0) is 37.1 Å². The van der Waals surface area contributed by atoms with Crippen molar-refractivity contribution in [2.45, 2.75) is 18.9 Å². The summed E-state index contributed by atoms with van der Waals surface area (Å²) in [5.41, 5.74) is 5.40. The molecule has 3 N–H and O–H groups in total. The van der Waals surface area contributed by atoms with Gasteiger partial charge in [0, 0.05) is 11.6 Å². The first-order chi connectivity index (χ1) is 7.65. The summed E-state index contributed by atoms with van der Waals surface area (Å²) in [4.78, 5) is 22.0. The summed E-state index contributed by atoms with van der Waals surface area (Å²) in [6.45, 7) is 0. The van der Waals surface area contributed by atoms with E-state index in [0.29, 0.717) is 17.4 Å². The van der Waals surface area contributed by atoms with E-state index in [1.807, 2.05) is 0 Å². The van der Waals surface area contributed by atoms with Crippen LogP contribution in [-0.2, 0) is 0 Å². The number of rotatable bonds is 3. The van der Waals surface area contributed by atoms with Gasteiger partial charge in [0.1, 0.15) is 5.75 Å². The molecule has 1 fully saturated rings. The lowest BCUT2D eigenvalue weighted by atomic mass is 10.2. The van der Waals surface area contributed by atoms with Crippen molar-refractivity contribution in [1.82, 2.24) is 5.32 Å². The van der Waals surface area contributed by atoms with Crippen LogP contribution in [0.1, 0.15) is 23.2 Å². The standard InChI is InChI=1S/C11H12N2O3/c12-11(15)16-9-5-1-7(2-6-9)10(14)13-8-3-4-8/h1-2,5-6,8H,3-4H2,(H2,12,15)(H,13,14). The minimum atomic E-state index is -0.866. The maximum Gasteiger partial charge on any atom is 0.409 e. The van der Waals surface area contributed by atoms with Crippen LogP contribution in [0.4, 0.5) is 4.79 Å². The van der Waals surface area contributed by atoms with E-state index in [2.05, 4.69) is 10.1 Å². The van der Waals surface area contributed by atoms with Gasteiger partial charge in [-0.1, -0.05) is 0 Å². The Morgan fingerprint density at radius 2 is 1.88 bits per heavy atom. The monoisotopic (exact) mass is 220 g/mol. The summed E-state index contributed by atoms with van der Waals surface area (Å²) < 4.78 is 4.65. The SMILES string of the molecule is NC(=O)Oc1ccc(C(=O)NC2CC2)cc1. The highest BCUT2D eigenvalue weighted by Gasteiger charge is 2.23. The van der Waals surface area contributed by atoms with E-state index in [-0.39, 0.29) is 5.91 Å². The second-order valence-corrected chi connectivity index (χ2v) is 3.69. The highest BCUT2D eigenvalue weighted by molar-refractivity contribution is 5.94. The van der Waals surface area contributed by atoms with Gasteiger partial charge < -0.3 is 15.8 Å². The molecule has 0 spiro atoms. The number of hydrogen-bond donors (Lipinski definition) is 2. The van der Waals surface area contributed by atoms with Crippen molar-refractivity contribution in [3.05, 3.63) is 29.8 Å². The van der Waals surface area contributed by atoms with Crippen LogP contribution in [0.25, 0.3) is 0 Å². The third-order valence-electron chi connectivity index (χ3n) is 2.25. The Morgan fingerprint density at radius 1 is 1.25 bits per heavy atom. The van der Waals surface area contributed by atoms with Crippen molar-refractivity contribution >= 4 is 12.0 Å². The molecule has 0 atom stereocenters. The lowest BCUT2D eigenvalue weighted by Crippen LogP contribution is -2.25. The lowest BCUT2D eigenvalue weighted by Gasteiger charge is -2.04. The number of benzene rings is 1. The highest BCUT2D eigenvalue weighted by atomic mass is 16.5. The summed E-state index contributed by atoms with van der Waals surface area (Å²) in [5, 5.41) is 2.86. The number of ether oxygens (including phenoxy) is 1. The van der Waals surface area contributed by atoms with Crippen molar-refractivity contribution in [2.24, 2.45) is 5.73 Å². The molecule has 1 aliphatic carbocycles. The van der Waals surface area contributed by atoms with E-state index in [9.17, 15) is 9.59 Å². The fraction of sp³-hybridized carbons (Fsp3) is 0.273. The van der Waals surface area contributed by atoms with Gasteiger partial charge in [0.2, 0.25) is 0 Å². The van der Waals surface area contributed by atoms with Crippen LogP contribution in [-0.4, -0.2) is 18.0 Å². The van der Waals surface area contributed by atoms with Gasteiger partial charge >= 0.3 is 6.09 Å². The second-order valence-electron chi connectivity index (χ2n) is 3.69. The zero-order valence-electron chi connectivity index (χ0n) is 8.60. The van der Waals surface area contributed by atoms with Crippen LogP contribution in [0.15, 0.2) is 24.3 Å². The molecule has 0 saturated heterocycles. The molecule has 2 amide bonds. The topological polar surface area (TPSA) is 81.4 Å². The molecule has 0 aromatic heterocycles. The highest BCUT2D eigenvalue weighted by Crippen LogP contribution is 2.19. The summed E-state index contributed by atoms with van der Waals surface area (Å²) in [7, 11) is 0. The van der Waals surface area contributed by atoms with E-state index in [0.717, 1.165) is 12.8 Å². The molecule has 5 heteroatoms. The predicted molar refractivity (Wildman–Crippen MR) is 57.1 cm³/mol. The number of hydrogen-bond acceptors (Lipinski definition) is 3. The molecular weight excluding hydrogens is 208 g/mol. The van der Waals surface area contributed by atoms with Crippen molar-refractivity contribution < 1.29 is 14.3 Å². The Labute approximate surface area is 92.6 Å². The molecule has 1 saturated carbocycles. The number of carbonyl (C=O) groups excluding carboxylic acids is 2. The Bertz CT molecular complexity index is 410. The Morgan fingerprint density at radius 3 is 2.38 bits per heavy atom. The third kappa shape index (κ3) is 2.73. The van der Waals surface area contributed by atoms with Gasteiger partial charge in [-0.15, -0.1) is 0 Å². The van der Waals surface area contributed by atoms with Gasteiger partial charge in [-0.25, -0.2) is 4.79 Å². The molecule has 84 valence electrons. The Balaban J connectivity index is 2.00. The molecule has 16 heavy (non-hydrogen) atoms. The van der Waals surface area contributed by atoms with Crippen molar-refractivity contribution in [1.29, 1.82) is 0 Å². The fourth-order valence-electron chi connectivity index (χ4n) is 1.29. The minimum absolute atomic E-state index is 0.104. The van der Waals surface area contributed by atoms with E-state index in [4.69, 9.17) is 5.73 Å². The van der Waals surface area contributed by atoms with E-state index < -0.39 is 6.09 Å². The largest absolute Gasteiger partial charge is 0.411 e. The van der Waals surface area contributed by atoms with Crippen molar-refractivity contribution in [3.63, 3.8) is 0 Å². The number of amides is 2. The Kier molecular flexibility index (Phi) is 2.76. The van der Waals surface area contributed by atoms with E-state index >= 15 is 0 Å². The number of nitrogens with two attached hydrogens (primary N) is 1. The molecular formula is C11H12N2O3. The van der Waals surface area contributed by atoms with Gasteiger partial charge in [0.05, 0.1) is 0 Å². The van der Waals surface area contributed by atoms with Gasteiger partial charge in [-0.2, -0.15) is 0 Å². The maximum atomic E-state index is 11.6. The molecule has 1 aliphatic rings. The molecule has 0 aliphatic heterocycles. The first-order valence-electron chi connectivity index (χ1n) is 5.03. The van der Waals surface area contributed by atoms with Crippen LogP contribution in [0.3, 0.4) is 0 Å². The van der Waals surface area contributed by atoms with Crippen LogP contribution in [0.2, 0.25) is 0 Å². The number of nitrogens with one attached hydrogen (secondary N) is 1. The van der Waals surface area contributed by atoms with Crippen LogP contribution in [0, 0.1) is 0 Å². The van der Waals surface area contributed by atoms with E-state index in [1.165, 1.54) is 12.1 Å². The number of primary amides is 1. The first-order valence-corrected chi connectivity index (χ1v) is 5.03. The van der Waals surface area contributed by atoms with Crippen molar-refractivity contribution in [3.8, 4) is 5.75 Å². The van der Waals surface area contributed by atoms with Gasteiger partial charge in [0.15, 0.2) is 0 Å². The molecule has 2 rings (SSSR count). The minimum Gasteiger partial charge on any atom is -0.411 e. The maximum absolute atomic E-state index is 11.6. The zero-order chi connectivity index (χ0) is 11.5. The second kappa shape index (κ2) is 4.22. The molecule has 0 heterocycles. The summed E-state index contributed by atoms with van der Waals surface area (Å²) >= 11 is 0. The molecule has 1 aromatic carbocycles. The average molecular weight is 220 g/mol. The van der Waals surface area contributed by atoms with Crippen LogP contribution < -0.4 is 15.8 Å². The number of carbonyl (C=O) groups is 2. The smallest absolute Gasteiger partial charge is 0.409 e.